The third-order valence-electron chi connectivity index (χ3n) is 5.58. The highest BCUT2D eigenvalue weighted by Crippen LogP contribution is 2.38. The van der Waals surface area contributed by atoms with Gasteiger partial charge in [-0.05, 0) is 28.8 Å². The fourth-order valence-electron chi connectivity index (χ4n) is 4.20. The van der Waals surface area contributed by atoms with Crippen LogP contribution in [0.3, 0.4) is 0 Å². The summed E-state index contributed by atoms with van der Waals surface area (Å²) in [5, 5.41) is 2.58. The first-order valence-electron chi connectivity index (χ1n) is 9.85. The fraction of sp³-hybridized carbons (Fsp3) is 0.478. The molecule has 0 bridgehead atoms. The minimum absolute atomic E-state index is 0.00328. The van der Waals surface area contributed by atoms with Crippen LogP contribution in [-0.2, 0) is 13.9 Å². The van der Waals surface area contributed by atoms with E-state index in [-0.39, 0.29) is 23.5 Å². The molecule has 2 unspecified atom stereocenters. The van der Waals surface area contributed by atoms with Gasteiger partial charge in [0.15, 0.2) is 6.29 Å². The van der Waals surface area contributed by atoms with Gasteiger partial charge in [-0.2, -0.15) is 0 Å². The summed E-state index contributed by atoms with van der Waals surface area (Å²) in [4.78, 5) is 0. The molecule has 1 heterocycles. The molecular formula is C23H32O3Si. The lowest BCUT2D eigenvalue weighted by Gasteiger charge is -2.45. The zero-order valence-electron chi connectivity index (χ0n) is 17.1. The summed E-state index contributed by atoms with van der Waals surface area (Å²) < 4.78 is 18.6. The van der Waals surface area contributed by atoms with Crippen LogP contribution in [0.25, 0.3) is 0 Å². The molecule has 3 nitrogen and oxygen atoms in total. The number of hydrogen-bond donors (Lipinski definition) is 0. The molecule has 2 aromatic rings. The third-order valence-corrected chi connectivity index (χ3v) is 10.7. The molecule has 3 atom stereocenters. The van der Waals surface area contributed by atoms with Gasteiger partial charge in [-0.25, -0.2) is 0 Å². The van der Waals surface area contributed by atoms with Crippen molar-refractivity contribution in [3.63, 3.8) is 0 Å². The van der Waals surface area contributed by atoms with Gasteiger partial charge < -0.3 is 13.9 Å². The van der Waals surface area contributed by atoms with E-state index < -0.39 is 8.32 Å². The molecule has 4 heteroatoms. The highest BCUT2D eigenvalue weighted by Gasteiger charge is 2.52. The van der Waals surface area contributed by atoms with Gasteiger partial charge in [-0.15, -0.1) is 0 Å². The number of hydrogen-bond acceptors (Lipinski definition) is 3. The normalized spacial score (nSPS) is 22.0. The number of benzene rings is 2. The van der Waals surface area contributed by atoms with Crippen LogP contribution in [0.15, 0.2) is 60.7 Å². The van der Waals surface area contributed by atoms with Crippen molar-refractivity contribution in [2.24, 2.45) is 0 Å². The third kappa shape index (κ3) is 4.04. The molecular weight excluding hydrogens is 352 g/mol. The summed E-state index contributed by atoms with van der Waals surface area (Å²) in [7, 11) is -0.824. The Morgan fingerprint density at radius 1 is 0.926 bits per heavy atom. The van der Waals surface area contributed by atoms with Gasteiger partial charge in [-0.3, -0.25) is 0 Å². The second-order valence-electron chi connectivity index (χ2n) is 8.40. The Balaban J connectivity index is 2.04. The Morgan fingerprint density at radius 3 is 1.85 bits per heavy atom. The minimum Gasteiger partial charge on any atom is -0.402 e. The second-order valence-corrected chi connectivity index (χ2v) is 12.7. The van der Waals surface area contributed by atoms with Crippen molar-refractivity contribution in [2.75, 3.05) is 7.11 Å². The van der Waals surface area contributed by atoms with E-state index >= 15 is 0 Å². The van der Waals surface area contributed by atoms with E-state index in [9.17, 15) is 0 Å². The first kappa shape index (κ1) is 20.3. The van der Waals surface area contributed by atoms with Crippen molar-refractivity contribution in [1.82, 2.24) is 0 Å². The minimum atomic E-state index is -2.53. The zero-order chi connectivity index (χ0) is 19.5. The van der Waals surface area contributed by atoms with E-state index in [0.29, 0.717) is 0 Å². The molecule has 146 valence electrons. The molecule has 1 aliphatic heterocycles. The summed E-state index contributed by atoms with van der Waals surface area (Å²) in [5.41, 5.74) is 0. The molecule has 27 heavy (non-hydrogen) atoms. The van der Waals surface area contributed by atoms with Gasteiger partial charge in [0, 0.05) is 13.5 Å². The summed E-state index contributed by atoms with van der Waals surface area (Å²) in [6, 6.07) is 21.5. The van der Waals surface area contributed by atoms with E-state index in [2.05, 4.69) is 88.4 Å². The van der Waals surface area contributed by atoms with E-state index in [1.165, 1.54) is 10.4 Å². The lowest BCUT2D eigenvalue weighted by atomic mass is 10.1. The molecule has 0 spiro atoms. The summed E-state index contributed by atoms with van der Waals surface area (Å²) in [5.74, 6) is 0. The predicted octanol–water partition coefficient (Wildman–Crippen LogP) is 4.10. The van der Waals surface area contributed by atoms with Crippen LogP contribution in [-0.4, -0.2) is 33.9 Å². The van der Waals surface area contributed by atoms with Crippen LogP contribution in [0.5, 0.6) is 0 Å². The Hall–Kier alpha value is -1.46. The average molecular weight is 385 g/mol. The topological polar surface area (TPSA) is 27.7 Å². The van der Waals surface area contributed by atoms with Crippen LogP contribution in [0.1, 0.15) is 40.5 Å². The summed E-state index contributed by atoms with van der Waals surface area (Å²) >= 11 is 0. The zero-order valence-corrected chi connectivity index (χ0v) is 18.1. The lowest BCUT2D eigenvalue weighted by Crippen LogP contribution is -2.68. The molecule has 0 aliphatic carbocycles. The Morgan fingerprint density at radius 2 is 1.44 bits per heavy atom. The van der Waals surface area contributed by atoms with Gasteiger partial charge in [0.1, 0.15) is 0 Å². The first-order valence-corrected chi connectivity index (χ1v) is 11.8. The van der Waals surface area contributed by atoms with Crippen LogP contribution < -0.4 is 10.4 Å². The predicted molar refractivity (Wildman–Crippen MR) is 113 cm³/mol. The molecule has 0 radical (unpaired) electrons. The second kappa shape index (κ2) is 8.27. The maximum absolute atomic E-state index is 7.11. The summed E-state index contributed by atoms with van der Waals surface area (Å²) in [6.45, 7) is 9.07. The van der Waals surface area contributed by atoms with Crippen molar-refractivity contribution in [3.05, 3.63) is 60.7 Å². The maximum Gasteiger partial charge on any atom is 0.261 e. The summed E-state index contributed by atoms with van der Waals surface area (Å²) in [6.07, 6.45) is 1.85. The van der Waals surface area contributed by atoms with Crippen LogP contribution >= 0.6 is 0 Å². The highest BCUT2D eigenvalue weighted by atomic mass is 28.4. The quantitative estimate of drug-likeness (QED) is 0.702. The Bertz CT molecular complexity index is 672. The molecule has 0 amide bonds. The smallest absolute Gasteiger partial charge is 0.261 e. The highest BCUT2D eigenvalue weighted by molar-refractivity contribution is 6.99. The Kier molecular flexibility index (Phi) is 6.21. The van der Waals surface area contributed by atoms with Crippen LogP contribution in [0.4, 0.5) is 0 Å². The molecule has 1 saturated heterocycles. The van der Waals surface area contributed by atoms with Gasteiger partial charge in [0.05, 0.1) is 12.2 Å². The van der Waals surface area contributed by atoms with Crippen molar-refractivity contribution < 1.29 is 13.9 Å². The first-order chi connectivity index (χ1) is 12.9. The van der Waals surface area contributed by atoms with E-state index in [1.807, 2.05) is 0 Å². The monoisotopic (exact) mass is 384 g/mol. The molecule has 0 aromatic heterocycles. The fourth-order valence-corrected chi connectivity index (χ4v) is 8.92. The van der Waals surface area contributed by atoms with E-state index in [0.717, 1.165) is 12.8 Å². The van der Waals surface area contributed by atoms with Gasteiger partial charge in [0.25, 0.3) is 8.32 Å². The average Bonchev–Trinajstić information content (AvgIpc) is 3.16. The van der Waals surface area contributed by atoms with E-state index in [1.54, 1.807) is 7.11 Å². The van der Waals surface area contributed by atoms with Gasteiger partial charge in [0.2, 0.25) is 0 Å². The number of ether oxygens (including phenoxy) is 2. The van der Waals surface area contributed by atoms with Crippen molar-refractivity contribution in [1.29, 1.82) is 0 Å². The molecule has 1 fully saturated rings. The Labute approximate surface area is 164 Å². The standard InChI is InChI=1S/C23H32O3Si/c1-18(21-16-17-22(24-5)25-21)26-27(23(2,3)4,19-12-8-6-9-13-19)20-14-10-7-11-15-20/h6-15,18,21-22H,16-17H2,1-5H3/t18?,21-,22?/m0/s1. The van der Waals surface area contributed by atoms with Crippen molar-refractivity contribution in [2.45, 2.75) is 64.1 Å². The van der Waals surface area contributed by atoms with Gasteiger partial charge in [-0.1, -0.05) is 81.4 Å². The molecule has 2 aromatic carbocycles. The van der Waals surface area contributed by atoms with Crippen molar-refractivity contribution >= 4 is 18.7 Å². The van der Waals surface area contributed by atoms with Crippen LogP contribution in [0, 0.1) is 0 Å². The van der Waals surface area contributed by atoms with E-state index in [4.69, 9.17) is 13.9 Å². The lowest BCUT2D eigenvalue weighted by molar-refractivity contribution is -0.133. The molecule has 0 saturated carbocycles. The molecule has 1 aliphatic rings. The largest absolute Gasteiger partial charge is 0.402 e. The van der Waals surface area contributed by atoms with Gasteiger partial charge >= 0.3 is 0 Å². The molecule has 0 N–H and O–H groups in total. The SMILES string of the molecule is COC1CC[C@@H](C(C)O[Si](c2ccccc2)(c2ccccc2)C(C)(C)C)O1. The van der Waals surface area contributed by atoms with Crippen LogP contribution in [0.2, 0.25) is 5.04 Å². The van der Waals surface area contributed by atoms with Crippen molar-refractivity contribution in [3.8, 4) is 0 Å². The number of methoxy groups -OCH3 is 1. The number of rotatable bonds is 6. The molecule has 3 rings (SSSR count). The maximum atomic E-state index is 7.11.